The van der Waals surface area contributed by atoms with Crippen molar-refractivity contribution < 1.29 is 22.7 Å². The Bertz CT molecular complexity index is 427. The molecule has 0 spiro atoms. The Labute approximate surface area is 102 Å². The highest BCUT2D eigenvalue weighted by molar-refractivity contribution is 5.94. The van der Waals surface area contributed by atoms with E-state index < -0.39 is 30.1 Å². The molecule has 100 valence electrons. The summed E-state index contributed by atoms with van der Waals surface area (Å²) in [6.07, 6.45) is 0.431. The second kappa shape index (κ2) is 6.25. The summed E-state index contributed by atoms with van der Waals surface area (Å²) in [6, 6.07) is 2.44. The van der Waals surface area contributed by atoms with Crippen molar-refractivity contribution in [2.75, 3.05) is 5.32 Å². The Morgan fingerprint density at radius 1 is 1.50 bits per heavy atom. The summed E-state index contributed by atoms with van der Waals surface area (Å²) in [7, 11) is 0. The number of rotatable bonds is 5. The lowest BCUT2D eigenvalue weighted by Crippen LogP contribution is -2.34. The number of amides is 1. The van der Waals surface area contributed by atoms with Crippen molar-refractivity contribution in [3.8, 4) is 5.75 Å². The van der Waals surface area contributed by atoms with Gasteiger partial charge >= 0.3 is 6.61 Å². The Hall–Kier alpha value is -1.76. The van der Waals surface area contributed by atoms with Gasteiger partial charge in [0.05, 0.1) is 6.04 Å². The molecule has 1 aromatic rings. The zero-order chi connectivity index (χ0) is 13.7. The van der Waals surface area contributed by atoms with Gasteiger partial charge < -0.3 is 15.8 Å². The molecule has 0 aliphatic rings. The van der Waals surface area contributed by atoms with E-state index in [1.165, 1.54) is 6.07 Å². The zero-order valence-corrected chi connectivity index (χ0v) is 9.62. The number of nitrogens with one attached hydrogen (secondary N) is 1. The van der Waals surface area contributed by atoms with Gasteiger partial charge in [0.15, 0.2) is 11.6 Å². The molecule has 7 heteroatoms. The highest BCUT2D eigenvalue weighted by atomic mass is 19.3. The van der Waals surface area contributed by atoms with Crippen LogP contribution in [0.4, 0.5) is 18.9 Å². The second-order valence-corrected chi connectivity index (χ2v) is 3.53. The minimum Gasteiger partial charge on any atom is -0.432 e. The first kappa shape index (κ1) is 14.3. The van der Waals surface area contributed by atoms with Gasteiger partial charge in [0.25, 0.3) is 0 Å². The van der Waals surface area contributed by atoms with Crippen LogP contribution in [0.2, 0.25) is 0 Å². The predicted molar refractivity (Wildman–Crippen MR) is 59.9 cm³/mol. The smallest absolute Gasteiger partial charge is 0.387 e. The molecule has 0 aliphatic carbocycles. The third-order valence-electron chi connectivity index (χ3n) is 2.19. The number of alkyl halides is 2. The average Bonchev–Trinajstić information content (AvgIpc) is 2.31. The third kappa shape index (κ3) is 3.92. The minimum absolute atomic E-state index is 0.128. The molecule has 0 aromatic heterocycles. The number of hydrogen-bond acceptors (Lipinski definition) is 3. The molecule has 1 aromatic carbocycles. The summed E-state index contributed by atoms with van der Waals surface area (Å²) >= 11 is 0. The van der Waals surface area contributed by atoms with Crippen molar-refractivity contribution in [3.63, 3.8) is 0 Å². The van der Waals surface area contributed by atoms with Crippen LogP contribution in [0.3, 0.4) is 0 Å². The number of halogens is 3. The molecule has 18 heavy (non-hydrogen) atoms. The summed E-state index contributed by atoms with van der Waals surface area (Å²) in [5.41, 5.74) is 5.60. The summed E-state index contributed by atoms with van der Waals surface area (Å²) < 4.78 is 41.0. The number of carbonyl (C=O) groups excluding carboxylic acids is 1. The van der Waals surface area contributed by atoms with Gasteiger partial charge in [-0.1, -0.05) is 6.92 Å². The molecule has 0 aliphatic heterocycles. The first-order valence-electron chi connectivity index (χ1n) is 5.24. The van der Waals surface area contributed by atoms with Crippen LogP contribution in [0.5, 0.6) is 5.75 Å². The summed E-state index contributed by atoms with van der Waals surface area (Å²) in [4.78, 5) is 11.4. The molecule has 0 heterocycles. The van der Waals surface area contributed by atoms with Gasteiger partial charge in [0, 0.05) is 11.8 Å². The molecule has 4 nitrogen and oxygen atoms in total. The van der Waals surface area contributed by atoms with E-state index in [1.54, 1.807) is 6.92 Å². The molecule has 1 amide bonds. The van der Waals surface area contributed by atoms with Crippen molar-refractivity contribution in [2.24, 2.45) is 5.73 Å². The number of nitrogens with two attached hydrogens (primary N) is 1. The average molecular weight is 262 g/mol. The van der Waals surface area contributed by atoms with Crippen LogP contribution in [0.1, 0.15) is 13.3 Å². The molecule has 0 bridgehead atoms. The highest BCUT2D eigenvalue weighted by Crippen LogP contribution is 2.22. The highest BCUT2D eigenvalue weighted by Gasteiger charge is 2.14. The molecular formula is C11H13F3N2O2. The quantitative estimate of drug-likeness (QED) is 0.854. The van der Waals surface area contributed by atoms with Crippen LogP contribution in [-0.2, 0) is 4.79 Å². The zero-order valence-electron chi connectivity index (χ0n) is 9.62. The molecule has 3 N–H and O–H groups in total. The lowest BCUT2D eigenvalue weighted by molar-refractivity contribution is -0.117. The largest absolute Gasteiger partial charge is 0.432 e. The molecule has 0 saturated heterocycles. The van der Waals surface area contributed by atoms with Crippen LogP contribution < -0.4 is 15.8 Å². The maximum absolute atomic E-state index is 13.3. The minimum atomic E-state index is -3.10. The number of benzene rings is 1. The van der Waals surface area contributed by atoms with Crippen molar-refractivity contribution >= 4 is 11.6 Å². The molecule has 1 rings (SSSR count). The molecule has 0 saturated carbocycles. The van der Waals surface area contributed by atoms with Crippen molar-refractivity contribution in [3.05, 3.63) is 24.0 Å². The number of anilines is 1. The summed E-state index contributed by atoms with van der Waals surface area (Å²) in [6.45, 7) is -1.38. The van der Waals surface area contributed by atoms with E-state index in [4.69, 9.17) is 5.73 Å². The van der Waals surface area contributed by atoms with E-state index in [1.807, 2.05) is 0 Å². The van der Waals surface area contributed by atoms with Crippen LogP contribution in [-0.4, -0.2) is 18.6 Å². The van der Waals surface area contributed by atoms with Gasteiger partial charge in [-0.25, -0.2) is 4.39 Å². The van der Waals surface area contributed by atoms with Gasteiger partial charge in [0.1, 0.15) is 0 Å². The van der Waals surface area contributed by atoms with Crippen molar-refractivity contribution in [2.45, 2.75) is 26.0 Å². The fourth-order valence-corrected chi connectivity index (χ4v) is 1.19. The Balaban J connectivity index is 2.75. The maximum atomic E-state index is 13.3. The van der Waals surface area contributed by atoms with E-state index in [9.17, 15) is 18.0 Å². The van der Waals surface area contributed by atoms with Crippen molar-refractivity contribution in [1.82, 2.24) is 0 Å². The van der Waals surface area contributed by atoms with E-state index in [0.29, 0.717) is 6.42 Å². The van der Waals surface area contributed by atoms with Gasteiger partial charge in [-0.3, -0.25) is 4.79 Å². The van der Waals surface area contributed by atoms with Gasteiger partial charge in [0.2, 0.25) is 5.91 Å². The van der Waals surface area contributed by atoms with Gasteiger partial charge in [-0.15, -0.1) is 0 Å². The molecule has 0 radical (unpaired) electrons. The monoisotopic (exact) mass is 262 g/mol. The molecule has 0 fully saturated rings. The Morgan fingerprint density at radius 3 is 2.67 bits per heavy atom. The van der Waals surface area contributed by atoms with Crippen LogP contribution in [0.25, 0.3) is 0 Å². The molecule has 1 unspecified atom stereocenters. The van der Waals surface area contributed by atoms with E-state index >= 15 is 0 Å². The fraction of sp³-hybridized carbons (Fsp3) is 0.364. The molecular weight excluding hydrogens is 249 g/mol. The number of carbonyl (C=O) groups is 1. The first-order chi connectivity index (χ1) is 8.43. The first-order valence-corrected chi connectivity index (χ1v) is 5.24. The number of ether oxygens (including phenoxy) is 1. The normalized spacial score (nSPS) is 12.3. The van der Waals surface area contributed by atoms with E-state index in [2.05, 4.69) is 10.1 Å². The Kier molecular flexibility index (Phi) is 4.96. The third-order valence-corrected chi connectivity index (χ3v) is 2.19. The second-order valence-electron chi connectivity index (χ2n) is 3.53. The molecule has 1 atom stereocenters. The van der Waals surface area contributed by atoms with Crippen LogP contribution in [0, 0.1) is 5.82 Å². The topological polar surface area (TPSA) is 64.4 Å². The van der Waals surface area contributed by atoms with Crippen molar-refractivity contribution in [1.29, 1.82) is 0 Å². The standard InChI is InChI=1S/C11H13F3N2O2/c1-2-8(15)10(17)16-6-3-4-9(7(12)5-6)18-11(13)14/h3-5,8,11H,2,15H2,1H3,(H,16,17). The van der Waals surface area contributed by atoms with E-state index in [0.717, 1.165) is 12.1 Å². The lowest BCUT2D eigenvalue weighted by atomic mass is 10.2. The lowest BCUT2D eigenvalue weighted by Gasteiger charge is -2.11. The SMILES string of the molecule is CCC(N)C(=O)Nc1ccc(OC(F)F)c(F)c1. The van der Waals surface area contributed by atoms with Gasteiger partial charge in [-0.2, -0.15) is 8.78 Å². The Morgan fingerprint density at radius 2 is 2.17 bits per heavy atom. The van der Waals surface area contributed by atoms with Gasteiger partial charge in [-0.05, 0) is 18.6 Å². The van der Waals surface area contributed by atoms with Crippen LogP contribution >= 0.6 is 0 Å². The number of hydrogen-bond donors (Lipinski definition) is 2. The summed E-state index contributed by atoms with van der Waals surface area (Å²) in [5, 5.41) is 2.37. The maximum Gasteiger partial charge on any atom is 0.387 e. The summed E-state index contributed by atoms with van der Waals surface area (Å²) in [5.74, 6) is -2.04. The van der Waals surface area contributed by atoms with Crippen LogP contribution in [0.15, 0.2) is 18.2 Å². The fourth-order valence-electron chi connectivity index (χ4n) is 1.19. The predicted octanol–water partition coefficient (Wildman–Crippen LogP) is 2.10. The van der Waals surface area contributed by atoms with E-state index in [-0.39, 0.29) is 5.69 Å².